The Morgan fingerprint density at radius 2 is 1.27 bits per heavy atom. The van der Waals surface area contributed by atoms with Crippen molar-refractivity contribution in [2.45, 2.75) is 118 Å². The predicted octanol–water partition coefficient (Wildman–Crippen LogP) is 6.58. The lowest BCUT2D eigenvalue weighted by Gasteiger charge is -2.27. The van der Waals surface area contributed by atoms with Gasteiger partial charge in [0.1, 0.15) is 5.78 Å². The van der Waals surface area contributed by atoms with Gasteiger partial charge < -0.3 is 9.47 Å². The number of hydrogen-bond acceptors (Lipinski definition) is 3. The number of carbonyl (C=O) groups is 1. The van der Waals surface area contributed by atoms with Gasteiger partial charge in [-0.2, -0.15) is 0 Å². The highest BCUT2D eigenvalue weighted by Gasteiger charge is 2.27. The van der Waals surface area contributed by atoms with E-state index >= 15 is 0 Å². The molecular formula is C23H46O3. The standard InChI is InChI=1S/C23H46O3/c1-19(20(24)21(2,3)4)15-14-16-23(8,9)26-18-13-11-10-12-17-25-22(5,6)7/h19H,10-18H2,1-9H3. The fourth-order valence-electron chi connectivity index (χ4n) is 3.06. The van der Waals surface area contributed by atoms with E-state index in [9.17, 15) is 4.79 Å². The van der Waals surface area contributed by atoms with Crippen LogP contribution < -0.4 is 0 Å². The molecule has 0 heterocycles. The van der Waals surface area contributed by atoms with Gasteiger partial charge in [0, 0.05) is 24.5 Å². The summed E-state index contributed by atoms with van der Waals surface area (Å²) in [5.74, 6) is 0.507. The smallest absolute Gasteiger partial charge is 0.140 e. The topological polar surface area (TPSA) is 35.5 Å². The van der Waals surface area contributed by atoms with Gasteiger partial charge in [0.25, 0.3) is 0 Å². The number of ketones is 1. The summed E-state index contributed by atoms with van der Waals surface area (Å²) in [6.45, 7) is 20.4. The average Bonchev–Trinajstić information content (AvgIpc) is 2.46. The minimum Gasteiger partial charge on any atom is -0.376 e. The number of unbranched alkanes of at least 4 members (excludes halogenated alkanes) is 3. The van der Waals surface area contributed by atoms with Gasteiger partial charge in [0.15, 0.2) is 0 Å². The zero-order chi connectivity index (χ0) is 20.4. The van der Waals surface area contributed by atoms with Crippen molar-refractivity contribution in [3.8, 4) is 0 Å². The highest BCUT2D eigenvalue weighted by Crippen LogP contribution is 2.25. The van der Waals surface area contributed by atoms with Gasteiger partial charge in [-0.25, -0.2) is 0 Å². The number of Topliss-reactive ketones (excluding diaryl/α,β-unsaturated/α-hetero) is 1. The molecule has 0 aliphatic heterocycles. The lowest BCUT2D eigenvalue weighted by molar-refractivity contribution is -0.130. The molecule has 0 fully saturated rings. The minimum atomic E-state index is -0.233. The van der Waals surface area contributed by atoms with Gasteiger partial charge in [-0.15, -0.1) is 0 Å². The van der Waals surface area contributed by atoms with Crippen LogP contribution in [0.4, 0.5) is 0 Å². The second-order valence-corrected chi connectivity index (χ2v) is 10.4. The van der Waals surface area contributed by atoms with E-state index in [0.717, 1.165) is 45.3 Å². The molecule has 26 heavy (non-hydrogen) atoms. The molecule has 3 nitrogen and oxygen atoms in total. The Labute approximate surface area is 163 Å². The van der Waals surface area contributed by atoms with Crippen LogP contribution in [-0.2, 0) is 14.3 Å². The second kappa shape index (κ2) is 11.4. The third-order valence-electron chi connectivity index (χ3n) is 4.67. The summed E-state index contributed by atoms with van der Waals surface area (Å²) < 4.78 is 11.8. The molecule has 0 rings (SSSR count). The maximum Gasteiger partial charge on any atom is 0.140 e. The van der Waals surface area contributed by atoms with E-state index in [1.54, 1.807) is 0 Å². The fourth-order valence-corrected chi connectivity index (χ4v) is 3.06. The summed E-state index contributed by atoms with van der Waals surface area (Å²) in [4.78, 5) is 12.3. The Morgan fingerprint density at radius 3 is 1.73 bits per heavy atom. The van der Waals surface area contributed by atoms with Crippen molar-refractivity contribution < 1.29 is 14.3 Å². The molecule has 0 saturated carbocycles. The van der Waals surface area contributed by atoms with Crippen LogP contribution in [0.2, 0.25) is 0 Å². The van der Waals surface area contributed by atoms with Crippen molar-refractivity contribution in [1.29, 1.82) is 0 Å². The molecule has 0 bridgehead atoms. The first-order valence-corrected chi connectivity index (χ1v) is 10.6. The Balaban J connectivity index is 3.78. The number of hydrogen-bond donors (Lipinski definition) is 0. The molecule has 0 aromatic rings. The molecule has 0 aliphatic rings. The van der Waals surface area contributed by atoms with E-state index in [1.807, 2.05) is 20.8 Å². The van der Waals surface area contributed by atoms with Crippen molar-refractivity contribution in [2.24, 2.45) is 11.3 Å². The molecule has 3 heteroatoms. The van der Waals surface area contributed by atoms with Crippen molar-refractivity contribution in [2.75, 3.05) is 13.2 Å². The van der Waals surface area contributed by atoms with Gasteiger partial charge in [-0.1, -0.05) is 40.5 Å². The van der Waals surface area contributed by atoms with Gasteiger partial charge in [-0.3, -0.25) is 4.79 Å². The highest BCUT2D eigenvalue weighted by atomic mass is 16.5. The van der Waals surface area contributed by atoms with Crippen LogP contribution in [0.1, 0.15) is 107 Å². The van der Waals surface area contributed by atoms with Crippen LogP contribution in [0.25, 0.3) is 0 Å². The van der Waals surface area contributed by atoms with Crippen LogP contribution in [0.5, 0.6) is 0 Å². The largest absolute Gasteiger partial charge is 0.376 e. The van der Waals surface area contributed by atoms with Crippen molar-refractivity contribution >= 4 is 5.78 Å². The molecular weight excluding hydrogens is 324 g/mol. The van der Waals surface area contributed by atoms with Crippen molar-refractivity contribution in [1.82, 2.24) is 0 Å². The minimum absolute atomic E-state index is 0.0257. The lowest BCUT2D eigenvalue weighted by Crippen LogP contribution is -2.28. The first-order chi connectivity index (χ1) is 11.7. The average molecular weight is 371 g/mol. The molecule has 1 atom stereocenters. The second-order valence-electron chi connectivity index (χ2n) is 10.4. The summed E-state index contributed by atoms with van der Waals surface area (Å²) in [7, 11) is 0. The monoisotopic (exact) mass is 370 g/mol. The third-order valence-corrected chi connectivity index (χ3v) is 4.67. The van der Waals surface area contributed by atoms with Crippen LogP contribution in [-0.4, -0.2) is 30.2 Å². The molecule has 0 aromatic carbocycles. The molecule has 0 N–H and O–H groups in total. The quantitative estimate of drug-likeness (QED) is 0.343. The van der Waals surface area contributed by atoms with Gasteiger partial charge >= 0.3 is 0 Å². The number of ether oxygens (including phenoxy) is 2. The van der Waals surface area contributed by atoms with E-state index in [4.69, 9.17) is 9.47 Å². The van der Waals surface area contributed by atoms with Crippen LogP contribution >= 0.6 is 0 Å². The maximum absolute atomic E-state index is 12.3. The molecule has 0 saturated heterocycles. The Bertz CT molecular complexity index is 385. The summed E-state index contributed by atoms with van der Waals surface area (Å²) >= 11 is 0. The zero-order valence-electron chi connectivity index (χ0n) is 19.2. The van der Waals surface area contributed by atoms with Crippen molar-refractivity contribution in [3.05, 3.63) is 0 Å². The van der Waals surface area contributed by atoms with Crippen molar-refractivity contribution in [3.63, 3.8) is 0 Å². The van der Waals surface area contributed by atoms with E-state index < -0.39 is 0 Å². The van der Waals surface area contributed by atoms with Gasteiger partial charge in [-0.05, 0) is 66.7 Å². The molecule has 0 aromatic heterocycles. The maximum atomic E-state index is 12.3. The summed E-state index contributed by atoms with van der Waals surface area (Å²) in [5, 5.41) is 0. The first-order valence-electron chi connectivity index (χ1n) is 10.6. The lowest BCUT2D eigenvalue weighted by atomic mass is 9.81. The summed E-state index contributed by atoms with van der Waals surface area (Å²) in [5.41, 5.74) is -0.356. The fraction of sp³-hybridized carbons (Fsp3) is 0.957. The van der Waals surface area contributed by atoms with E-state index in [0.29, 0.717) is 5.78 Å². The Hall–Kier alpha value is -0.410. The molecule has 0 spiro atoms. The van der Waals surface area contributed by atoms with E-state index in [1.165, 1.54) is 12.8 Å². The summed E-state index contributed by atoms with van der Waals surface area (Å²) in [6.07, 6.45) is 7.64. The van der Waals surface area contributed by atoms with E-state index in [2.05, 4.69) is 41.5 Å². The first kappa shape index (κ1) is 25.6. The summed E-state index contributed by atoms with van der Waals surface area (Å²) in [6, 6.07) is 0. The highest BCUT2D eigenvalue weighted by molar-refractivity contribution is 5.85. The SMILES string of the molecule is CC(CCCC(C)(C)OCCCCCCOC(C)(C)C)C(=O)C(C)(C)C. The van der Waals surface area contributed by atoms with Crippen LogP contribution in [0.15, 0.2) is 0 Å². The molecule has 156 valence electrons. The van der Waals surface area contributed by atoms with Crippen LogP contribution in [0.3, 0.4) is 0 Å². The van der Waals surface area contributed by atoms with Gasteiger partial charge in [0.2, 0.25) is 0 Å². The Kier molecular flexibility index (Phi) is 11.3. The third kappa shape index (κ3) is 13.7. The number of carbonyl (C=O) groups excluding carboxylic acids is 1. The number of rotatable bonds is 13. The predicted molar refractivity (Wildman–Crippen MR) is 112 cm³/mol. The Morgan fingerprint density at radius 1 is 0.769 bits per heavy atom. The molecule has 0 amide bonds. The zero-order valence-corrected chi connectivity index (χ0v) is 19.2. The molecule has 0 radical (unpaired) electrons. The molecule has 1 unspecified atom stereocenters. The van der Waals surface area contributed by atoms with Gasteiger partial charge in [0.05, 0.1) is 11.2 Å². The van der Waals surface area contributed by atoms with Crippen LogP contribution in [0, 0.1) is 11.3 Å². The molecule has 0 aliphatic carbocycles. The van der Waals surface area contributed by atoms with E-state index in [-0.39, 0.29) is 22.5 Å². The normalized spacial score (nSPS) is 14.5.